The molecule has 0 bridgehead atoms. The van der Waals surface area contributed by atoms with E-state index in [-0.39, 0.29) is 34.3 Å². The van der Waals surface area contributed by atoms with Crippen LogP contribution in [0.4, 0.5) is 5.69 Å². The molecule has 0 aromatic heterocycles. The van der Waals surface area contributed by atoms with Gasteiger partial charge in [0, 0.05) is 23.8 Å². The Morgan fingerprint density at radius 1 is 1.15 bits per heavy atom. The maximum atomic E-state index is 12.6. The minimum atomic E-state index is -0.521. The van der Waals surface area contributed by atoms with Gasteiger partial charge in [0.25, 0.3) is 5.69 Å². The lowest BCUT2D eigenvalue weighted by Crippen LogP contribution is -2.20. The van der Waals surface area contributed by atoms with Crippen LogP contribution in [0.25, 0.3) is 5.57 Å². The molecule has 0 saturated carbocycles. The van der Waals surface area contributed by atoms with Gasteiger partial charge in [0.2, 0.25) is 0 Å². The van der Waals surface area contributed by atoms with E-state index in [0.717, 1.165) is 12.2 Å². The molecule has 1 unspecified atom stereocenters. The smallest absolute Gasteiger partial charge is 0.277 e. The van der Waals surface area contributed by atoms with Crippen LogP contribution in [0.5, 0.6) is 0 Å². The van der Waals surface area contributed by atoms with Crippen molar-refractivity contribution in [1.82, 2.24) is 0 Å². The van der Waals surface area contributed by atoms with E-state index in [9.17, 15) is 20.0 Å². The molecule has 0 fully saturated rings. The molecule has 140 valence electrons. The number of carbonyl (C=O) groups excluding carboxylic acids is 1. The zero-order chi connectivity index (χ0) is 19.4. The van der Waals surface area contributed by atoms with E-state index in [1.807, 2.05) is 6.92 Å². The van der Waals surface area contributed by atoms with Gasteiger partial charge >= 0.3 is 0 Å². The predicted molar refractivity (Wildman–Crippen MR) is 107 cm³/mol. The Bertz CT molecular complexity index is 889. The highest BCUT2D eigenvalue weighted by atomic mass is 32.2. The summed E-state index contributed by atoms with van der Waals surface area (Å²) in [5, 5.41) is 21.7. The van der Waals surface area contributed by atoms with E-state index in [4.69, 9.17) is 0 Å². The van der Waals surface area contributed by atoms with Crippen molar-refractivity contribution in [2.75, 3.05) is 5.75 Å². The summed E-state index contributed by atoms with van der Waals surface area (Å²) in [5.41, 5.74) is 1.37. The lowest BCUT2D eigenvalue weighted by atomic mass is 9.82. The van der Waals surface area contributed by atoms with E-state index in [1.165, 1.54) is 22.6 Å². The van der Waals surface area contributed by atoms with E-state index < -0.39 is 4.92 Å². The Balaban J connectivity index is 1.68. The largest absolute Gasteiger partial charge is 0.512 e. The molecule has 1 aliphatic carbocycles. The Labute approximate surface area is 162 Å². The van der Waals surface area contributed by atoms with Gasteiger partial charge < -0.3 is 5.11 Å². The van der Waals surface area contributed by atoms with E-state index in [1.54, 1.807) is 23.9 Å². The number of benzene rings is 2. The van der Waals surface area contributed by atoms with Crippen LogP contribution in [0.1, 0.15) is 30.4 Å². The number of aliphatic hydroxyl groups excluding tert-OH is 1. The molecule has 0 aliphatic heterocycles. The first kappa shape index (κ1) is 19.2. The Morgan fingerprint density at radius 3 is 2.52 bits per heavy atom. The van der Waals surface area contributed by atoms with E-state index in [2.05, 4.69) is 24.3 Å². The van der Waals surface area contributed by atoms with Gasteiger partial charge in [-0.25, -0.2) is 0 Å². The second-order valence-corrected chi connectivity index (χ2v) is 7.91. The average Bonchev–Trinajstić information content (AvgIpc) is 2.63. The highest BCUT2D eigenvalue weighted by Gasteiger charge is 2.31. The van der Waals surface area contributed by atoms with E-state index in [0.29, 0.717) is 12.8 Å². The molecule has 0 spiro atoms. The first-order valence-electron chi connectivity index (χ1n) is 8.84. The number of thioether (sulfide) groups is 1. The number of nitrogens with zero attached hydrogens (tertiary/aromatic N) is 1. The molecule has 0 heterocycles. The third kappa shape index (κ3) is 4.57. The normalized spacial score (nSPS) is 17.2. The third-order valence-corrected chi connectivity index (χ3v) is 5.75. The molecule has 2 aromatic rings. The predicted octanol–water partition coefficient (Wildman–Crippen LogP) is 5.33. The van der Waals surface area contributed by atoms with Crippen molar-refractivity contribution in [2.24, 2.45) is 5.92 Å². The number of aliphatic hydroxyl groups is 1. The summed E-state index contributed by atoms with van der Waals surface area (Å²) in [5.74, 6) is 0.654. The molecule has 0 amide bonds. The van der Waals surface area contributed by atoms with Crippen molar-refractivity contribution >= 4 is 28.8 Å². The second kappa shape index (κ2) is 8.39. The van der Waals surface area contributed by atoms with Crippen molar-refractivity contribution in [2.45, 2.75) is 31.1 Å². The molecule has 3 rings (SSSR count). The number of aryl methyl sites for hydroxylation is 1. The Kier molecular flexibility index (Phi) is 5.96. The molecule has 6 heteroatoms. The molecule has 27 heavy (non-hydrogen) atoms. The fourth-order valence-corrected chi connectivity index (χ4v) is 4.32. The summed E-state index contributed by atoms with van der Waals surface area (Å²) in [6, 6.07) is 14.4. The van der Waals surface area contributed by atoms with Crippen LogP contribution in [-0.2, 0) is 4.79 Å². The van der Waals surface area contributed by atoms with Crippen LogP contribution in [-0.4, -0.2) is 21.6 Å². The van der Waals surface area contributed by atoms with Crippen molar-refractivity contribution in [3.05, 3.63) is 75.5 Å². The van der Waals surface area contributed by atoms with Crippen LogP contribution in [0.15, 0.2) is 59.2 Å². The maximum absolute atomic E-state index is 12.6. The Morgan fingerprint density at radius 2 is 1.85 bits per heavy atom. The van der Waals surface area contributed by atoms with Crippen molar-refractivity contribution in [3.8, 4) is 0 Å². The van der Waals surface area contributed by atoms with E-state index >= 15 is 0 Å². The number of nitro groups is 1. The number of hydrogen-bond acceptors (Lipinski definition) is 5. The van der Waals surface area contributed by atoms with Crippen molar-refractivity contribution in [3.63, 3.8) is 0 Å². The van der Waals surface area contributed by atoms with Crippen LogP contribution in [0, 0.1) is 23.0 Å². The molecule has 1 aliphatic rings. The number of para-hydroxylation sites is 1. The SMILES string of the molecule is Cc1ccc(SCCC2CC(=O)C(c3ccccc3[N+](=O)[O-])=C(O)C2)cc1. The quantitative estimate of drug-likeness (QED) is 0.414. The first-order valence-corrected chi connectivity index (χ1v) is 9.83. The van der Waals surface area contributed by atoms with Crippen LogP contribution >= 0.6 is 11.8 Å². The van der Waals surface area contributed by atoms with Gasteiger partial charge in [0.15, 0.2) is 5.78 Å². The van der Waals surface area contributed by atoms with Crippen LogP contribution in [0.3, 0.4) is 0 Å². The molecule has 2 aromatic carbocycles. The molecule has 1 N–H and O–H groups in total. The highest BCUT2D eigenvalue weighted by Crippen LogP contribution is 2.37. The van der Waals surface area contributed by atoms with Crippen molar-refractivity contribution in [1.29, 1.82) is 0 Å². The maximum Gasteiger partial charge on any atom is 0.277 e. The lowest BCUT2D eigenvalue weighted by Gasteiger charge is -2.23. The zero-order valence-corrected chi connectivity index (χ0v) is 15.9. The molecular weight excluding hydrogens is 362 g/mol. The van der Waals surface area contributed by atoms with Gasteiger partial charge in [-0.3, -0.25) is 14.9 Å². The number of allylic oxidation sites excluding steroid dienone is 2. The summed E-state index contributed by atoms with van der Waals surface area (Å²) in [7, 11) is 0. The molecular formula is C21H21NO4S. The second-order valence-electron chi connectivity index (χ2n) is 6.74. The van der Waals surface area contributed by atoms with Gasteiger partial charge in [-0.05, 0) is 43.2 Å². The number of Topliss-reactive ketones (excluding diaryl/α,β-unsaturated/α-hetero) is 1. The van der Waals surface area contributed by atoms with Gasteiger partial charge in [-0.15, -0.1) is 11.8 Å². The van der Waals surface area contributed by atoms with Gasteiger partial charge in [0.05, 0.1) is 16.1 Å². The summed E-state index contributed by atoms with van der Waals surface area (Å²) in [6.45, 7) is 2.05. The fraction of sp³-hybridized carbons (Fsp3) is 0.286. The molecule has 0 radical (unpaired) electrons. The number of hydrogen-bond donors (Lipinski definition) is 1. The van der Waals surface area contributed by atoms with Gasteiger partial charge in [0.1, 0.15) is 5.76 Å². The number of rotatable bonds is 6. The van der Waals surface area contributed by atoms with Crippen LogP contribution in [0.2, 0.25) is 0 Å². The average molecular weight is 383 g/mol. The summed E-state index contributed by atoms with van der Waals surface area (Å²) in [6.07, 6.45) is 1.49. The number of carbonyl (C=O) groups is 1. The monoisotopic (exact) mass is 383 g/mol. The van der Waals surface area contributed by atoms with Crippen LogP contribution < -0.4 is 0 Å². The topological polar surface area (TPSA) is 80.4 Å². The standard InChI is InChI=1S/C21H21NO4S/c1-14-6-8-16(9-7-14)27-11-10-15-12-19(23)21(20(24)13-15)17-4-2-3-5-18(17)22(25)26/h2-9,15,23H,10-13H2,1H3. The third-order valence-electron chi connectivity index (χ3n) is 4.71. The fourth-order valence-electron chi connectivity index (χ4n) is 3.30. The molecule has 1 atom stereocenters. The lowest BCUT2D eigenvalue weighted by molar-refractivity contribution is -0.385. The summed E-state index contributed by atoms with van der Waals surface area (Å²) >= 11 is 1.73. The summed E-state index contributed by atoms with van der Waals surface area (Å²) in [4.78, 5) is 24.5. The minimum Gasteiger partial charge on any atom is -0.512 e. The molecule has 0 saturated heterocycles. The zero-order valence-electron chi connectivity index (χ0n) is 15.1. The number of ketones is 1. The summed E-state index contributed by atoms with van der Waals surface area (Å²) < 4.78 is 0. The molecule has 5 nitrogen and oxygen atoms in total. The van der Waals surface area contributed by atoms with Gasteiger partial charge in [-0.1, -0.05) is 29.8 Å². The number of nitro benzene ring substituents is 1. The van der Waals surface area contributed by atoms with Crippen molar-refractivity contribution < 1.29 is 14.8 Å². The highest BCUT2D eigenvalue weighted by molar-refractivity contribution is 7.99. The first-order chi connectivity index (χ1) is 13.0. The van der Waals surface area contributed by atoms with Gasteiger partial charge in [-0.2, -0.15) is 0 Å². The minimum absolute atomic E-state index is 0.0362. The Hall–Kier alpha value is -2.60.